The maximum Gasteiger partial charge on any atom is 0.274 e. The van der Waals surface area contributed by atoms with Gasteiger partial charge in [-0.1, -0.05) is 6.07 Å². The van der Waals surface area contributed by atoms with Crippen molar-refractivity contribution < 1.29 is 9.72 Å². The third kappa shape index (κ3) is 2.99. The minimum atomic E-state index is -0.466. The smallest absolute Gasteiger partial charge is 0.274 e. The van der Waals surface area contributed by atoms with Crippen LogP contribution in [0.25, 0.3) is 0 Å². The number of nitrogens with one attached hydrogen (secondary N) is 1. The van der Waals surface area contributed by atoms with Gasteiger partial charge in [0.05, 0.1) is 25.5 Å². The lowest BCUT2D eigenvalue weighted by molar-refractivity contribution is -0.385. The monoisotopic (exact) mass is 340 g/mol. The van der Waals surface area contributed by atoms with Gasteiger partial charge in [-0.05, 0) is 35.0 Å². The molecule has 1 heterocycles. The van der Waals surface area contributed by atoms with E-state index in [1.165, 1.54) is 17.4 Å². The van der Waals surface area contributed by atoms with Crippen LogP contribution in [0.5, 0.6) is 0 Å². The molecular formula is C12H9BrN2O3S. The summed E-state index contributed by atoms with van der Waals surface area (Å²) in [5.41, 5.74) is 1.39. The first-order valence-corrected chi connectivity index (χ1v) is 6.95. The molecule has 1 N–H and O–H groups in total. The van der Waals surface area contributed by atoms with E-state index in [1.807, 2.05) is 0 Å². The molecule has 0 saturated carbocycles. The van der Waals surface area contributed by atoms with E-state index in [0.717, 1.165) is 3.79 Å². The van der Waals surface area contributed by atoms with Crippen molar-refractivity contribution in [2.45, 2.75) is 6.92 Å². The lowest BCUT2D eigenvalue weighted by atomic mass is 10.1. The number of halogens is 1. The summed E-state index contributed by atoms with van der Waals surface area (Å²) < 4.78 is 0.855. The van der Waals surface area contributed by atoms with E-state index in [9.17, 15) is 14.9 Å². The Kier molecular flexibility index (Phi) is 3.96. The Balaban J connectivity index is 2.27. The van der Waals surface area contributed by atoms with Crippen molar-refractivity contribution in [1.29, 1.82) is 0 Å². The second-order valence-electron chi connectivity index (χ2n) is 3.80. The molecule has 0 saturated heterocycles. The zero-order chi connectivity index (χ0) is 14.0. The fourth-order valence-corrected chi connectivity index (χ4v) is 2.72. The number of nitro groups is 1. The van der Waals surface area contributed by atoms with E-state index in [2.05, 4.69) is 21.2 Å². The fraction of sp³-hybridized carbons (Fsp3) is 0.0833. The summed E-state index contributed by atoms with van der Waals surface area (Å²) >= 11 is 4.68. The zero-order valence-electron chi connectivity index (χ0n) is 9.84. The van der Waals surface area contributed by atoms with E-state index in [4.69, 9.17) is 0 Å². The van der Waals surface area contributed by atoms with Gasteiger partial charge in [-0.15, -0.1) is 11.3 Å². The summed E-state index contributed by atoms with van der Waals surface area (Å²) in [6, 6.07) is 6.30. The van der Waals surface area contributed by atoms with Gasteiger partial charge >= 0.3 is 0 Å². The minimum absolute atomic E-state index is 0.00991. The molecule has 7 heteroatoms. The number of benzene rings is 1. The fourth-order valence-electron chi connectivity index (χ4n) is 1.58. The number of amides is 1. The van der Waals surface area contributed by atoms with Gasteiger partial charge in [0.25, 0.3) is 11.6 Å². The van der Waals surface area contributed by atoms with Crippen molar-refractivity contribution in [3.8, 4) is 0 Å². The molecule has 0 unspecified atom stereocenters. The van der Waals surface area contributed by atoms with Gasteiger partial charge < -0.3 is 5.32 Å². The lowest BCUT2D eigenvalue weighted by Gasteiger charge is -2.07. The van der Waals surface area contributed by atoms with E-state index in [1.54, 1.807) is 30.5 Å². The average molecular weight is 341 g/mol. The molecule has 0 bridgehead atoms. The molecule has 0 spiro atoms. The van der Waals surface area contributed by atoms with Crippen LogP contribution >= 0.6 is 27.3 Å². The van der Waals surface area contributed by atoms with Crippen LogP contribution in [0.3, 0.4) is 0 Å². The summed E-state index contributed by atoms with van der Waals surface area (Å²) in [6.07, 6.45) is 0. The topological polar surface area (TPSA) is 72.2 Å². The van der Waals surface area contributed by atoms with Crippen molar-refractivity contribution in [3.05, 3.63) is 54.7 Å². The minimum Gasteiger partial charge on any atom is -0.321 e. The van der Waals surface area contributed by atoms with Crippen LogP contribution in [0.2, 0.25) is 0 Å². The van der Waals surface area contributed by atoms with Gasteiger partial charge in [-0.3, -0.25) is 14.9 Å². The van der Waals surface area contributed by atoms with Crippen LogP contribution in [-0.4, -0.2) is 10.8 Å². The molecule has 1 amide bonds. The largest absolute Gasteiger partial charge is 0.321 e. The predicted octanol–water partition coefficient (Wildman–Crippen LogP) is 3.98. The lowest BCUT2D eigenvalue weighted by Crippen LogP contribution is -2.12. The van der Waals surface area contributed by atoms with Crippen LogP contribution < -0.4 is 5.32 Å². The van der Waals surface area contributed by atoms with Crippen molar-refractivity contribution in [1.82, 2.24) is 0 Å². The first-order valence-electron chi connectivity index (χ1n) is 5.28. The van der Waals surface area contributed by atoms with Crippen molar-refractivity contribution in [3.63, 3.8) is 0 Å². The molecule has 5 nitrogen and oxygen atoms in total. The number of rotatable bonds is 3. The number of hydrogen-bond donors (Lipinski definition) is 1. The third-order valence-electron chi connectivity index (χ3n) is 2.58. The third-order valence-corrected chi connectivity index (χ3v) is 4.08. The summed E-state index contributed by atoms with van der Waals surface area (Å²) in [5, 5.41) is 15.2. The number of anilines is 1. The summed E-state index contributed by atoms with van der Waals surface area (Å²) in [7, 11) is 0. The second-order valence-corrected chi connectivity index (χ2v) is 6.09. The maximum atomic E-state index is 12.0. The Morgan fingerprint density at radius 2 is 2.21 bits per heavy atom. The maximum absolute atomic E-state index is 12.0. The highest BCUT2D eigenvalue weighted by molar-refractivity contribution is 9.11. The first kappa shape index (κ1) is 13.7. The van der Waals surface area contributed by atoms with Crippen molar-refractivity contribution in [2.75, 3.05) is 5.32 Å². The number of nitrogens with zero attached hydrogens (tertiary/aromatic N) is 1. The highest BCUT2D eigenvalue weighted by atomic mass is 79.9. The number of nitro benzene ring substituents is 1. The highest BCUT2D eigenvalue weighted by Gasteiger charge is 2.15. The van der Waals surface area contributed by atoms with Gasteiger partial charge in [0.15, 0.2) is 0 Å². The summed E-state index contributed by atoms with van der Waals surface area (Å²) in [6.45, 7) is 1.61. The van der Waals surface area contributed by atoms with Gasteiger partial charge in [-0.2, -0.15) is 0 Å². The molecule has 0 aliphatic carbocycles. The standard InChI is InChI=1S/C12H9BrN2O3S/c1-7-9(3-2-4-10(7)15(17)18)14-12(16)8-5-11(13)19-6-8/h2-6H,1H3,(H,14,16). The van der Waals surface area contributed by atoms with E-state index in [-0.39, 0.29) is 11.6 Å². The molecule has 0 fully saturated rings. The molecule has 2 rings (SSSR count). The van der Waals surface area contributed by atoms with Crippen LogP contribution in [0.15, 0.2) is 33.4 Å². The molecule has 0 aliphatic heterocycles. The van der Waals surface area contributed by atoms with Crippen molar-refractivity contribution >= 4 is 44.5 Å². The molecule has 0 aliphatic rings. The van der Waals surface area contributed by atoms with E-state index < -0.39 is 4.92 Å². The molecule has 0 atom stereocenters. The SMILES string of the molecule is Cc1c(NC(=O)c2csc(Br)c2)cccc1[N+](=O)[O-]. The number of carbonyl (C=O) groups is 1. The normalized spacial score (nSPS) is 10.2. The quantitative estimate of drug-likeness (QED) is 0.678. The Hall–Kier alpha value is -1.73. The Bertz CT molecular complexity index is 654. The van der Waals surface area contributed by atoms with E-state index in [0.29, 0.717) is 16.8 Å². The van der Waals surface area contributed by atoms with Crippen molar-refractivity contribution in [2.24, 2.45) is 0 Å². The summed E-state index contributed by atoms with van der Waals surface area (Å²) in [4.78, 5) is 22.3. The van der Waals surface area contributed by atoms with Crippen LogP contribution in [-0.2, 0) is 0 Å². The molecule has 0 radical (unpaired) electrons. The molecule has 98 valence electrons. The zero-order valence-corrected chi connectivity index (χ0v) is 12.2. The molecule has 19 heavy (non-hydrogen) atoms. The molecule has 1 aromatic heterocycles. The number of carbonyl (C=O) groups excluding carboxylic acids is 1. The Morgan fingerprint density at radius 3 is 2.79 bits per heavy atom. The summed E-state index contributed by atoms with van der Waals surface area (Å²) in [5.74, 6) is -0.287. The number of hydrogen-bond acceptors (Lipinski definition) is 4. The predicted molar refractivity (Wildman–Crippen MR) is 77.8 cm³/mol. The highest BCUT2D eigenvalue weighted by Crippen LogP contribution is 2.26. The van der Waals surface area contributed by atoms with Crippen LogP contribution in [0, 0.1) is 17.0 Å². The van der Waals surface area contributed by atoms with Gasteiger partial charge in [-0.25, -0.2) is 0 Å². The van der Waals surface area contributed by atoms with Crippen LogP contribution in [0.1, 0.15) is 15.9 Å². The average Bonchev–Trinajstić information content (AvgIpc) is 2.78. The Morgan fingerprint density at radius 1 is 1.47 bits per heavy atom. The first-order chi connectivity index (χ1) is 8.99. The Labute approximate surface area is 121 Å². The molecule has 1 aromatic carbocycles. The number of thiophene rings is 1. The van der Waals surface area contributed by atoms with Gasteiger partial charge in [0.1, 0.15) is 0 Å². The van der Waals surface area contributed by atoms with Crippen LogP contribution in [0.4, 0.5) is 11.4 Å². The van der Waals surface area contributed by atoms with Gasteiger partial charge in [0.2, 0.25) is 0 Å². The molecular weight excluding hydrogens is 332 g/mol. The molecule has 2 aromatic rings. The second kappa shape index (κ2) is 5.50. The van der Waals surface area contributed by atoms with E-state index >= 15 is 0 Å². The van der Waals surface area contributed by atoms with Gasteiger partial charge in [0, 0.05) is 11.4 Å².